The number of ether oxygens (including phenoxy) is 2. The molecule has 3 N–H and O–H groups in total. The molecule has 0 unspecified atom stereocenters. The van der Waals surface area contributed by atoms with E-state index < -0.39 is 35.4 Å². The number of hydrogen-bond acceptors (Lipinski definition) is 9. The summed E-state index contributed by atoms with van der Waals surface area (Å²) < 4.78 is 52.7. The largest absolute Gasteiger partial charge is 0.445 e. The minimum atomic E-state index is -4.59. The van der Waals surface area contributed by atoms with Crippen LogP contribution in [-0.4, -0.2) is 57.6 Å². The number of benzene rings is 2. The van der Waals surface area contributed by atoms with Crippen LogP contribution in [0, 0.1) is 0 Å². The van der Waals surface area contributed by atoms with E-state index in [1.165, 1.54) is 18.3 Å². The van der Waals surface area contributed by atoms with Crippen LogP contribution in [-0.2, 0) is 29.3 Å². The van der Waals surface area contributed by atoms with Crippen molar-refractivity contribution < 1.29 is 37.0 Å². The van der Waals surface area contributed by atoms with Gasteiger partial charge < -0.3 is 25.0 Å². The Labute approximate surface area is 291 Å². The van der Waals surface area contributed by atoms with Crippen LogP contribution >= 0.6 is 11.3 Å². The molecule has 12 nitrogen and oxygen atoms in total. The summed E-state index contributed by atoms with van der Waals surface area (Å²) in [7, 11) is 1.73. The van der Waals surface area contributed by atoms with Gasteiger partial charge in [-0.2, -0.15) is 18.3 Å². The fraction of sp³-hybridized carbons (Fsp3) is 0.382. The lowest BCUT2D eigenvalue weighted by atomic mass is 10.1. The zero-order chi connectivity index (χ0) is 36.1. The molecule has 1 fully saturated rings. The van der Waals surface area contributed by atoms with Gasteiger partial charge in [0.05, 0.1) is 11.8 Å². The number of halogens is 3. The minimum Gasteiger partial charge on any atom is -0.445 e. The monoisotopic (exact) mass is 713 g/mol. The Morgan fingerprint density at radius 2 is 1.74 bits per heavy atom. The van der Waals surface area contributed by atoms with E-state index in [0.29, 0.717) is 37.4 Å². The average molecular weight is 714 g/mol. The zero-order valence-electron chi connectivity index (χ0n) is 28.0. The molecular formula is C34H38F3N7O5S. The topological polar surface area (TPSA) is 140 Å². The number of carbonyl (C=O) groups excluding carboxylic acids is 3. The van der Waals surface area contributed by atoms with Gasteiger partial charge in [0.2, 0.25) is 0 Å². The van der Waals surface area contributed by atoms with Gasteiger partial charge in [0.15, 0.2) is 11.5 Å². The van der Waals surface area contributed by atoms with Crippen molar-refractivity contribution in [1.82, 2.24) is 20.1 Å². The van der Waals surface area contributed by atoms with E-state index in [2.05, 4.69) is 30.9 Å². The van der Waals surface area contributed by atoms with Crippen LogP contribution < -0.4 is 20.9 Å². The number of aryl methyl sites for hydroxylation is 1. The Hall–Kier alpha value is -5.12. The lowest BCUT2D eigenvalue weighted by Crippen LogP contribution is -2.36. The smallest absolute Gasteiger partial charge is 0.416 e. The maximum Gasteiger partial charge on any atom is 0.416 e. The fourth-order valence-electron chi connectivity index (χ4n) is 5.37. The van der Waals surface area contributed by atoms with Gasteiger partial charge in [-0.15, -0.1) is 0 Å². The van der Waals surface area contributed by atoms with Gasteiger partial charge in [0, 0.05) is 31.7 Å². The molecule has 16 heteroatoms. The molecule has 0 saturated carbocycles. The first-order chi connectivity index (χ1) is 23.7. The van der Waals surface area contributed by atoms with E-state index in [0.717, 1.165) is 35.5 Å². The Kier molecular flexibility index (Phi) is 11.0. The van der Waals surface area contributed by atoms with Crippen molar-refractivity contribution in [1.29, 1.82) is 0 Å². The van der Waals surface area contributed by atoms with E-state index in [1.54, 1.807) is 32.5 Å². The summed E-state index contributed by atoms with van der Waals surface area (Å²) in [6.45, 7) is 6.32. The average Bonchev–Trinajstić information content (AvgIpc) is 3.55. The van der Waals surface area contributed by atoms with Gasteiger partial charge in [-0.25, -0.2) is 14.6 Å². The highest BCUT2D eigenvalue weighted by molar-refractivity contribution is 7.19. The normalized spacial score (nSPS) is 15.2. The highest BCUT2D eigenvalue weighted by Crippen LogP contribution is 2.37. The van der Waals surface area contributed by atoms with Gasteiger partial charge >= 0.3 is 18.4 Å². The van der Waals surface area contributed by atoms with Crippen molar-refractivity contribution in [2.45, 2.75) is 64.5 Å². The second-order valence-electron chi connectivity index (χ2n) is 12.7. The first kappa shape index (κ1) is 36.2. The van der Waals surface area contributed by atoms with Gasteiger partial charge in [0.1, 0.15) is 27.9 Å². The number of alkyl halides is 3. The van der Waals surface area contributed by atoms with Crippen LogP contribution in [0.2, 0.25) is 0 Å². The van der Waals surface area contributed by atoms with Crippen molar-refractivity contribution in [2.24, 2.45) is 7.05 Å². The Morgan fingerprint density at radius 3 is 2.46 bits per heavy atom. The van der Waals surface area contributed by atoms with Crippen LogP contribution in [0.3, 0.4) is 0 Å². The maximum atomic E-state index is 13.8. The van der Waals surface area contributed by atoms with Gasteiger partial charge in [-0.3, -0.25) is 14.8 Å². The van der Waals surface area contributed by atoms with E-state index in [4.69, 9.17) is 9.47 Å². The summed E-state index contributed by atoms with van der Waals surface area (Å²) in [5, 5.41) is 12.7. The molecule has 0 spiro atoms. The Morgan fingerprint density at radius 1 is 0.980 bits per heavy atom. The molecule has 1 aliphatic rings. The summed E-state index contributed by atoms with van der Waals surface area (Å²) >= 11 is 0.845. The molecule has 5 rings (SSSR count). The lowest BCUT2D eigenvalue weighted by Gasteiger charge is -2.24. The van der Waals surface area contributed by atoms with Crippen LogP contribution in [0.4, 0.5) is 39.3 Å². The Balaban J connectivity index is 1.31. The predicted octanol–water partition coefficient (Wildman–Crippen LogP) is 7.45. The minimum absolute atomic E-state index is 0.00237. The molecule has 0 radical (unpaired) electrons. The van der Waals surface area contributed by atoms with Gasteiger partial charge in [-0.1, -0.05) is 53.8 Å². The molecule has 50 heavy (non-hydrogen) atoms. The van der Waals surface area contributed by atoms with Crippen molar-refractivity contribution in [2.75, 3.05) is 28.6 Å². The SMILES string of the molecule is Cn1ncc(NC(=O)c2nc(-c3cccc(C(F)(F)F)c3)sc2NC(=O)OC(C)(C)C)c1N1CCC[C@@H](NC(=O)OCc2ccccc2)CC1. The molecule has 1 atom stereocenters. The number of thiazole rings is 1. The molecule has 1 aliphatic heterocycles. The van der Waals surface area contributed by atoms with Crippen LogP contribution in [0.5, 0.6) is 0 Å². The molecule has 0 bridgehead atoms. The Bertz CT molecular complexity index is 1820. The van der Waals surface area contributed by atoms with Crippen molar-refractivity contribution in [3.05, 3.63) is 77.6 Å². The molecule has 1 saturated heterocycles. The van der Waals surface area contributed by atoms with Crippen molar-refractivity contribution in [3.8, 4) is 10.6 Å². The van der Waals surface area contributed by atoms with Crippen LogP contribution in [0.1, 0.15) is 61.6 Å². The first-order valence-electron chi connectivity index (χ1n) is 15.9. The molecule has 2 aromatic carbocycles. The molecule has 4 aromatic rings. The number of hydrogen-bond donors (Lipinski definition) is 3. The van der Waals surface area contributed by atoms with Gasteiger partial charge in [0.25, 0.3) is 5.91 Å². The van der Waals surface area contributed by atoms with E-state index >= 15 is 0 Å². The third-order valence-corrected chi connectivity index (χ3v) is 8.63. The second-order valence-corrected chi connectivity index (χ2v) is 13.7. The third-order valence-electron chi connectivity index (χ3n) is 7.61. The fourth-order valence-corrected chi connectivity index (χ4v) is 6.31. The first-order valence-corrected chi connectivity index (χ1v) is 16.7. The van der Waals surface area contributed by atoms with Crippen LogP contribution in [0.15, 0.2) is 60.8 Å². The molecule has 266 valence electrons. The highest BCUT2D eigenvalue weighted by Gasteiger charge is 2.32. The molecule has 2 aromatic heterocycles. The highest BCUT2D eigenvalue weighted by atomic mass is 32.1. The number of rotatable bonds is 8. The molecule has 3 amide bonds. The summed E-state index contributed by atoms with van der Waals surface area (Å²) in [6, 6.07) is 13.8. The number of amides is 3. The van der Waals surface area contributed by atoms with E-state index in [-0.39, 0.29) is 33.9 Å². The third kappa shape index (κ3) is 9.52. The van der Waals surface area contributed by atoms with E-state index in [1.807, 2.05) is 30.3 Å². The van der Waals surface area contributed by atoms with E-state index in [9.17, 15) is 27.6 Å². The molecule has 0 aliphatic carbocycles. The zero-order valence-corrected chi connectivity index (χ0v) is 28.8. The number of anilines is 3. The summed E-state index contributed by atoms with van der Waals surface area (Å²) in [4.78, 5) is 45.4. The molecule has 3 heterocycles. The second kappa shape index (κ2) is 15.2. The quantitative estimate of drug-likeness (QED) is 0.171. The number of aromatic nitrogens is 3. The lowest BCUT2D eigenvalue weighted by molar-refractivity contribution is -0.137. The summed E-state index contributed by atoms with van der Waals surface area (Å²) in [5.74, 6) is -0.101. The standard InChI is InChI=1S/C34H38F3N7O5S/c1-33(2,3)49-32(47)42-29-26(41-28(50-29)22-12-8-13-23(18-22)34(35,36)37)27(45)40-25-19-38-43(4)30(25)44-16-9-14-24(15-17-44)39-31(46)48-20-21-10-6-5-7-11-21/h5-8,10-13,18-19,24H,9,14-17,20H2,1-4H3,(H,39,46)(H,40,45)(H,42,47)/t24-/m1/s1. The van der Waals surface area contributed by atoms with Crippen molar-refractivity contribution in [3.63, 3.8) is 0 Å². The van der Waals surface area contributed by atoms with Gasteiger partial charge in [-0.05, 0) is 57.7 Å². The summed E-state index contributed by atoms with van der Waals surface area (Å²) in [6.07, 6.45) is -2.40. The number of nitrogens with zero attached hydrogens (tertiary/aromatic N) is 4. The van der Waals surface area contributed by atoms with Crippen LogP contribution in [0.25, 0.3) is 10.6 Å². The van der Waals surface area contributed by atoms with Crippen molar-refractivity contribution >= 4 is 45.9 Å². The number of alkyl carbamates (subject to hydrolysis) is 1. The number of nitrogens with one attached hydrogen (secondary N) is 3. The molecular weight excluding hydrogens is 675 g/mol. The number of carbonyl (C=O) groups is 3. The summed E-state index contributed by atoms with van der Waals surface area (Å²) in [5.41, 5.74) is -0.569. The predicted molar refractivity (Wildman–Crippen MR) is 183 cm³/mol. The maximum absolute atomic E-state index is 13.8.